The van der Waals surface area contributed by atoms with Crippen molar-refractivity contribution in [3.05, 3.63) is 29.8 Å². The van der Waals surface area contributed by atoms with Gasteiger partial charge in [-0.15, -0.1) is 0 Å². The molecular formula is C29H44N6O8S. The predicted octanol–water partition coefficient (Wildman–Crippen LogP) is 0.0929. The van der Waals surface area contributed by atoms with Crippen molar-refractivity contribution in [1.82, 2.24) is 26.2 Å². The van der Waals surface area contributed by atoms with Crippen LogP contribution in [0.5, 0.6) is 0 Å². The quantitative estimate of drug-likeness (QED) is 0.223. The van der Waals surface area contributed by atoms with Gasteiger partial charge in [-0.2, -0.15) is 0 Å². The number of fused-ring (bicyclic) bond motifs is 1. The molecular weight excluding hydrogens is 592 g/mol. The van der Waals surface area contributed by atoms with E-state index in [9.17, 15) is 32.4 Å². The number of rotatable bonds is 11. The monoisotopic (exact) mass is 636 g/mol. The number of hydrogen-bond donors (Lipinski definition) is 5. The number of carbonyl (C=O) groups excluding carboxylic acids is 5. The maximum atomic E-state index is 13.7. The van der Waals surface area contributed by atoms with Gasteiger partial charge in [-0.05, 0) is 70.7 Å². The van der Waals surface area contributed by atoms with Crippen LogP contribution in [0.4, 0.5) is 4.79 Å². The molecule has 0 aromatic heterocycles. The third kappa shape index (κ3) is 9.64. The van der Waals surface area contributed by atoms with Crippen molar-refractivity contribution in [3.63, 3.8) is 0 Å². The van der Waals surface area contributed by atoms with E-state index in [1.165, 1.54) is 17.0 Å². The molecule has 0 radical (unpaired) electrons. The molecule has 44 heavy (non-hydrogen) atoms. The minimum Gasteiger partial charge on any atom is -0.444 e. The molecule has 244 valence electrons. The summed E-state index contributed by atoms with van der Waals surface area (Å²) >= 11 is 0. The normalized spacial score (nSPS) is 21.3. The van der Waals surface area contributed by atoms with Crippen molar-refractivity contribution in [2.24, 2.45) is 5.73 Å². The van der Waals surface area contributed by atoms with E-state index in [2.05, 4.69) is 21.3 Å². The van der Waals surface area contributed by atoms with Gasteiger partial charge in [0, 0.05) is 25.6 Å². The van der Waals surface area contributed by atoms with Crippen molar-refractivity contribution in [2.45, 2.75) is 101 Å². The van der Waals surface area contributed by atoms with Crippen LogP contribution in [0.3, 0.4) is 0 Å². The zero-order chi connectivity index (χ0) is 32.7. The van der Waals surface area contributed by atoms with E-state index in [0.29, 0.717) is 31.4 Å². The highest BCUT2D eigenvalue weighted by Gasteiger charge is 2.44. The molecule has 4 atom stereocenters. The molecule has 3 rings (SSSR count). The maximum Gasteiger partial charge on any atom is 0.408 e. The molecule has 5 amide bonds. The van der Waals surface area contributed by atoms with Gasteiger partial charge in [-0.1, -0.05) is 19.1 Å². The smallest absolute Gasteiger partial charge is 0.408 e. The summed E-state index contributed by atoms with van der Waals surface area (Å²) in [6.07, 6.45) is 0.562. The van der Waals surface area contributed by atoms with Crippen LogP contribution in [-0.2, 0) is 40.3 Å². The summed E-state index contributed by atoms with van der Waals surface area (Å²) in [7, 11) is -3.37. The van der Waals surface area contributed by atoms with E-state index in [1.807, 2.05) is 0 Å². The van der Waals surface area contributed by atoms with Gasteiger partial charge < -0.3 is 36.6 Å². The highest BCUT2D eigenvalue weighted by Crippen LogP contribution is 2.28. The molecule has 0 bridgehead atoms. The van der Waals surface area contributed by atoms with Crippen LogP contribution in [0.2, 0.25) is 0 Å². The first kappa shape index (κ1) is 34.8. The van der Waals surface area contributed by atoms with Crippen LogP contribution in [0.1, 0.15) is 65.4 Å². The Bertz CT molecular complexity index is 1330. The molecule has 0 spiro atoms. The lowest BCUT2D eigenvalue weighted by Crippen LogP contribution is -2.61. The van der Waals surface area contributed by atoms with Crippen LogP contribution in [0.15, 0.2) is 29.2 Å². The van der Waals surface area contributed by atoms with E-state index in [0.717, 1.165) is 0 Å². The molecule has 0 saturated carbocycles. The van der Waals surface area contributed by atoms with Gasteiger partial charge in [0.2, 0.25) is 23.6 Å². The lowest BCUT2D eigenvalue weighted by molar-refractivity contribution is -0.143. The Morgan fingerprint density at radius 3 is 2.41 bits per heavy atom. The topological polar surface area (TPSA) is 206 Å². The largest absolute Gasteiger partial charge is 0.444 e. The van der Waals surface area contributed by atoms with Gasteiger partial charge in [0.1, 0.15) is 23.7 Å². The number of nitrogens with one attached hydrogen (secondary N) is 4. The summed E-state index contributed by atoms with van der Waals surface area (Å²) in [4.78, 5) is 66.0. The van der Waals surface area contributed by atoms with Crippen molar-refractivity contribution >= 4 is 39.6 Å². The minimum absolute atomic E-state index is 0.0348. The Balaban J connectivity index is 1.71. The number of sulfone groups is 1. The van der Waals surface area contributed by atoms with Crippen LogP contribution < -0.4 is 27.0 Å². The standard InChI is InChI=1S/C29H44N6O8S/c1-5-44(41,42)20-9-6-18(7-10-20)16-32-25(37)21(11-13-24(30)36)33-26(38)23-12-8-19-14-15-31-17-22(27(39)35(19)23)34-28(40)43-29(2,3)4/h6-7,9-10,19,21-23,31H,5,8,11-17H2,1-4H3,(H2,30,36)(H,32,37)(H,33,38)(H,34,40)/t19-,21+,22+,23+/m1/s1. The molecule has 0 aliphatic carbocycles. The summed E-state index contributed by atoms with van der Waals surface area (Å²) in [5, 5.41) is 11.2. The first-order valence-corrected chi connectivity index (χ1v) is 16.5. The molecule has 2 fully saturated rings. The van der Waals surface area contributed by atoms with Crippen LogP contribution in [0.25, 0.3) is 0 Å². The van der Waals surface area contributed by atoms with Crippen molar-refractivity contribution in [2.75, 3.05) is 18.8 Å². The number of hydrogen-bond acceptors (Lipinski definition) is 9. The van der Waals surface area contributed by atoms with Crippen molar-refractivity contribution < 1.29 is 37.1 Å². The van der Waals surface area contributed by atoms with E-state index in [-0.39, 0.29) is 42.6 Å². The van der Waals surface area contributed by atoms with E-state index < -0.39 is 63.3 Å². The molecule has 15 heteroatoms. The number of nitrogens with two attached hydrogens (primary N) is 1. The number of primary amides is 1. The molecule has 1 aromatic rings. The van der Waals surface area contributed by atoms with Gasteiger partial charge in [0.25, 0.3) is 0 Å². The fourth-order valence-corrected chi connectivity index (χ4v) is 6.10. The SMILES string of the molecule is CCS(=O)(=O)c1ccc(CNC(=O)[C@H](CCC(N)=O)NC(=O)[C@@H]2CC[C@@H]3CCNC[C@H](NC(=O)OC(C)(C)C)C(=O)N32)cc1. The second-order valence-electron chi connectivity index (χ2n) is 12.0. The summed E-state index contributed by atoms with van der Waals surface area (Å²) in [5.74, 6) is -2.23. The molecule has 2 saturated heterocycles. The highest BCUT2D eigenvalue weighted by atomic mass is 32.2. The molecule has 0 unspecified atom stereocenters. The number of ether oxygens (including phenoxy) is 1. The van der Waals surface area contributed by atoms with Crippen LogP contribution in [0, 0.1) is 0 Å². The lowest BCUT2D eigenvalue weighted by Gasteiger charge is -2.36. The van der Waals surface area contributed by atoms with E-state index >= 15 is 0 Å². The summed E-state index contributed by atoms with van der Waals surface area (Å²) in [6, 6.07) is 2.89. The Labute approximate surface area is 258 Å². The highest BCUT2D eigenvalue weighted by molar-refractivity contribution is 7.91. The molecule has 1 aromatic carbocycles. The summed E-state index contributed by atoms with van der Waals surface area (Å²) < 4.78 is 29.4. The van der Waals surface area contributed by atoms with Gasteiger partial charge in [0.15, 0.2) is 9.84 Å². The second kappa shape index (κ2) is 14.8. The van der Waals surface area contributed by atoms with Crippen molar-refractivity contribution in [3.8, 4) is 0 Å². The molecule has 6 N–H and O–H groups in total. The van der Waals surface area contributed by atoms with Gasteiger partial charge in [0.05, 0.1) is 10.6 Å². The zero-order valence-corrected chi connectivity index (χ0v) is 26.5. The third-order valence-corrected chi connectivity index (χ3v) is 9.24. The molecule has 14 nitrogen and oxygen atoms in total. The number of benzene rings is 1. The summed E-state index contributed by atoms with van der Waals surface area (Å²) in [5.41, 5.74) is 5.19. The fraction of sp³-hybridized carbons (Fsp3) is 0.621. The number of amides is 5. The number of carbonyl (C=O) groups is 5. The van der Waals surface area contributed by atoms with Gasteiger partial charge >= 0.3 is 6.09 Å². The average molecular weight is 637 g/mol. The van der Waals surface area contributed by atoms with Gasteiger partial charge in [-0.25, -0.2) is 13.2 Å². The molecule has 2 heterocycles. The average Bonchev–Trinajstić information content (AvgIpc) is 3.36. The number of nitrogens with zero attached hydrogens (tertiary/aromatic N) is 1. The Morgan fingerprint density at radius 2 is 1.80 bits per heavy atom. The Kier molecular flexibility index (Phi) is 11.7. The van der Waals surface area contributed by atoms with Crippen LogP contribution in [-0.4, -0.2) is 91.7 Å². The Morgan fingerprint density at radius 1 is 1.11 bits per heavy atom. The first-order valence-electron chi connectivity index (χ1n) is 14.8. The van der Waals surface area contributed by atoms with Crippen LogP contribution >= 0.6 is 0 Å². The maximum absolute atomic E-state index is 13.7. The lowest BCUT2D eigenvalue weighted by atomic mass is 10.1. The predicted molar refractivity (Wildman–Crippen MR) is 161 cm³/mol. The van der Waals surface area contributed by atoms with E-state index in [4.69, 9.17) is 10.5 Å². The Hall–Kier alpha value is -3.72. The minimum atomic E-state index is -3.37. The third-order valence-electron chi connectivity index (χ3n) is 7.49. The van der Waals surface area contributed by atoms with Gasteiger partial charge in [-0.3, -0.25) is 19.2 Å². The fourth-order valence-electron chi connectivity index (χ4n) is 5.22. The first-order chi connectivity index (χ1) is 20.6. The summed E-state index contributed by atoms with van der Waals surface area (Å²) in [6.45, 7) is 7.47. The number of alkyl carbamates (subject to hydrolysis) is 1. The molecule has 2 aliphatic heterocycles. The molecule has 2 aliphatic rings. The van der Waals surface area contributed by atoms with Crippen molar-refractivity contribution in [1.29, 1.82) is 0 Å². The second-order valence-corrected chi connectivity index (χ2v) is 14.3. The van der Waals surface area contributed by atoms with E-state index in [1.54, 1.807) is 39.8 Å². The zero-order valence-electron chi connectivity index (χ0n) is 25.7.